The van der Waals surface area contributed by atoms with Crippen molar-refractivity contribution in [2.75, 3.05) is 19.0 Å². The number of hydrogen-bond donors (Lipinski definition) is 0. The quantitative estimate of drug-likeness (QED) is 0.0472. The third kappa shape index (κ3) is 12.2. The van der Waals surface area contributed by atoms with Crippen LogP contribution in [0.3, 0.4) is 0 Å². The molecule has 2 aliphatic rings. The summed E-state index contributed by atoms with van der Waals surface area (Å²) in [7, 11) is -3.33. The van der Waals surface area contributed by atoms with Gasteiger partial charge >= 0.3 is 17.9 Å². The van der Waals surface area contributed by atoms with Crippen LogP contribution in [0.5, 0.6) is 0 Å². The van der Waals surface area contributed by atoms with E-state index >= 15 is 0 Å². The number of benzene rings is 3. The molecule has 3 aromatic carbocycles. The summed E-state index contributed by atoms with van der Waals surface area (Å²) in [6.07, 6.45) is -8.71. The second-order valence-electron chi connectivity index (χ2n) is 18.6. The van der Waals surface area contributed by atoms with Gasteiger partial charge in [-0.3, -0.25) is 0 Å². The van der Waals surface area contributed by atoms with Crippen LogP contribution >= 0.6 is 38.5 Å². The molecule has 2 heterocycles. The van der Waals surface area contributed by atoms with Gasteiger partial charge in [-0.1, -0.05) is 135 Å². The number of rotatable bonds is 15. The van der Waals surface area contributed by atoms with Gasteiger partial charge in [-0.25, -0.2) is 14.4 Å². The van der Waals surface area contributed by atoms with E-state index in [1.165, 1.54) is 7.11 Å². The molecule has 0 amide bonds. The molecule has 3 aromatic rings. The molecule has 0 saturated carbocycles. The topological polar surface area (TPSA) is 134 Å². The molecular formula is C46H62BrIO12Si2. The van der Waals surface area contributed by atoms with Crippen molar-refractivity contribution in [3.05, 3.63) is 108 Å². The fourth-order valence-corrected chi connectivity index (χ4v) is 10.9. The highest BCUT2D eigenvalue weighted by Crippen LogP contribution is 2.45. The Morgan fingerprint density at radius 2 is 0.968 bits per heavy atom. The van der Waals surface area contributed by atoms with Crippen molar-refractivity contribution in [2.24, 2.45) is 0 Å². The van der Waals surface area contributed by atoms with Crippen LogP contribution in [0.4, 0.5) is 0 Å². The van der Waals surface area contributed by atoms with Crippen molar-refractivity contribution in [1.82, 2.24) is 0 Å². The SMILES string of the molecule is CO[C@H]1O[C@H](CO[C@@H]2O[C@H](CBr)[C@@H](O[Si](C)(C)C(C)(C)C)[C@H](O[Si](C)(C)C(C)(C)C)[C@H]2I)[C@@H](OC(=O)c2ccccc2)[C@H](OC(=O)c2ccccc2)[C@H]1OC(=O)c1ccccc1. The number of ether oxygens (including phenoxy) is 7. The lowest BCUT2D eigenvalue weighted by Crippen LogP contribution is -2.65. The maximum atomic E-state index is 13.9. The summed E-state index contributed by atoms with van der Waals surface area (Å²) in [5.74, 6) is -2.19. The molecule has 0 aliphatic carbocycles. The summed E-state index contributed by atoms with van der Waals surface area (Å²) in [6.45, 7) is 21.9. The molecule has 0 bridgehead atoms. The van der Waals surface area contributed by atoms with E-state index in [1.54, 1.807) is 91.0 Å². The van der Waals surface area contributed by atoms with E-state index in [0.717, 1.165) is 0 Å². The van der Waals surface area contributed by atoms with Crippen molar-refractivity contribution in [1.29, 1.82) is 0 Å². The summed E-state index contributed by atoms with van der Waals surface area (Å²) in [5.41, 5.74) is 0.718. The minimum atomic E-state index is -2.38. The van der Waals surface area contributed by atoms with Crippen molar-refractivity contribution in [3.63, 3.8) is 0 Å². The highest BCUT2D eigenvalue weighted by Gasteiger charge is 2.56. The molecule has 0 spiro atoms. The number of alkyl halides is 2. The Bertz CT molecular complexity index is 1930. The normalized spacial score (nSPS) is 27.2. The van der Waals surface area contributed by atoms with Gasteiger partial charge in [0, 0.05) is 12.4 Å². The average Bonchev–Trinajstić information content (AvgIpc) is 3.23. The number of esters is 3. The lowest BCUT2D eigenvalue weighted by Gasteiger charge is -2.52. The summed E-state index contributed by atoms with van der Waals surface area (Å²) in [5, 5.41) is 0.272. The van der Waals surface area contributed by atoms with Gasteiger partial charge in [0.05, 0.1) is 45.5 Å². The van der Waals surface area contributed by atoms with E-state index in [1.807, 2.05) is 0 Å². The number of halogens is 2. The number of hydrogen-bond acceptors (Lipinski definition) is 12. The van der Waals surface area contributed by atoms with Gasteiger partial charge in [-0.15, -0.1) is 0 Å². The van der Waals surface area contributed by atoms with Gasteiger partial charge in [0.25, 0.3) is 0 Å². The third-order valence-corrected chi connectivity index (χ3v) is 23.1. The summed E-state index contributed by atoms with van der Waals surface area (Å²) in [6, 6.07) is 25.1. The second-order valence-corrected chi connectivity index (χ2v) is 30.2. The molecule has 2 saturated heterocycles. The number of carbonyl (C=O) groups excluding carboxylic acids is 3. The molecule has 62 heavy (non-hydrogen) atoms. The van der Waals surface area contributed by atoms with Gasteiger partial charge in [0.1, 0.15) is 6.10 Å². The summed E-state index contributed by atoms with van der Waals surface area (Å²) in [4.78, 5) is 41.5. The molecular weight excluding hydrogens is 1010 g/mol. The summed E-state index contributed by atoms with van der Waals surface area (Å²) < 4.78 is 58.3. The van der Waals surface area contributed by atoms with E-state index in [2.05, 4.69) is 106 Å². The first-order valence-corrected chi connectivity index (χ1v) is 29.1. The van der Waals surface area contributed by atoms with E-state index in [-0.39, 0.29) is 37.3 Å². The van der Waals surface area contributed by atoms with Gasteiger partial charge in [0.2, 0.25) is 0 Å². The Labute approximate surface area is 390 Å². The highest BCUT2D eigenvalue weighted by atomic mass is 127. The zero-order valence-corrected chi connectivity index (χ0v) is 43.2. The van der Waals surface area contributed by atoms with Crippen molar-refractivity contribution >= 4 is 73.1 Å². The molecule has 2 aliphatic heterocycles. The third-order valence-electron chi connectivity index (χ3n) is 12.2. The Balaban J connectivity index is 1.53. The Morgan fingerprint density at radius 1 is 0.581 bits per heavy atom. The van der Waals surface area contributed by atoms with Crippen molar-refractivity contribution in [3.8, 4) is 0 Å². The molecule has 340 valence electrons. The van der Waals surface area contributed by atoms with Gasteiger partial charge in [-0.05, 0) is 72.7 Å². The number of carbonyl (C=O) groups is 3. The minimum Gasteiger partial charge on any atom is -0.452 e. The largest absolute Gasteiger partial charge is 0.452 e. The molecule has 0 N–H and O–H groups in total. The first kappa shape index (κ1) is 50.5. The van der Waals surface area contributed by atoms with E-state index in [0.29, 0.717) is 5.33 Å². The molecule has 5 rings (SSSR count). The zero-order chi connectivity index (χ0) is 45.6. The minimum absolute atomic E-state index is 0.0737. The van der Waals surface area contributed by atoms with Gasteiger partial charge in [-0.2, -0.15) is 0 Å². The van der Waals surface area contributed by atoms with E-state index < -0.39 is 89.9 Å². The van der Waals surface area contributed by atoms with Crippen molar-refractivity contribution in [2.45, 2.75) is 137 Å². The van der Waals surface area contributed by atoms with Crippen LogP contribution < -0.4 is 0 Å². The first-order valence-electron chi connectivity index (χ1n) is 20.9. The van der Waals surface area contributed by atoms with Crippen molar-refractivity contribution < 1.29 is 56.4 Å². The Hall–Kier alpha value is -2.53. The maximum absolute atomic E-state index is 13.9. The molecule has 0 aromatic heterocycles. The molecule has 10 atom stereocenters. The molecule has 2 fully saturated rings. The monoisotopic (exact) mass is 1070 g/mol. The summed E-state index contributed by atoms with van der Waals surface area (Å²) >= 11 is 6.06. The van der Waals surface area contributed by atoms with E-state index in [4.69, 9.17) is 42.0 Å². The molecule has 12 nitrogen and oxygen atoms in total. The maximum Gasteiger partial charge on any atom is 0.338 e. The predicted octanol–water partition coefficient (Wildman–Crippen LogP) is 9.76. The Kier molecular flexibility index (Phi) is 17.3. The van der Waals surface area contributed by atoms with Crippen LogP contribution in [0.2, 0.25) is 36.3 Å². The molecule has 16 heteroatoms. The van der Waals surface area contributed by atoms with Gasteiger partial charge in [0.15, 0.2) is 47.5 Å². The van der Waals surface area contributed by atoms with Crippen LogP contribution in [0.15, 0.2) is 91.0 Å². The van der Waals surface area contributed by atoms with Gasteiger partial charge < -0.3 is 42.0 Å². The standard InChI is InChI=1S/C46H62BrIO12Si2/c1-45(2,3)61(8,9)59-36-32(27-47)54-43(34(48)37(36)60-62(10,11)46(4,5)6)53-28-33-35(56-40(49)29-21-15-12-16-22-29)38(57-41(50)30-23-17-13-18-24-30)39(44(52-7)55-33)58-42(51)31-25-19-14-20-26-31/h12-26,32-39,43-44H,27-28H2,1-11H3/t32-,33-,34-,35-,36-,37-,38+,39-,43-,44+/m1/s1. The fourth-order valence-electron chi connectivity index (χ4n) is 6.53. The second kappa shape index (κ2) is 21.2. The molecule has 0 radical (unpaired) electrons. The zero-order valence-electron chi connectivity index (χ0n) is 37.5. The fraction of sp³-hybridized carbons (Fsp3) is 0.543. The van der Waals surface area contributed by atoms with Crippen LogP contribution in [-0.2, 0) is 42.0 Å². The lowest BCUT2D eigenvalue weighted by atomic mass is 9.97. The Morgan fingerprint density at radius 3 is 1.37 bits per heavy atom. The highest BCUT2D eigenvalue weighted by molar-refractivity contribution is 14.1. The van der Waals surface area contributed by atoms with Crippen LogP contribution in [-0.4, -0.2) is 113 Å². The van der Waals surface area contributed by atoms with Crippen LogP contribution in [0, 0.1) is 0 Å². The predicted molar refractivity (Wildman–Crippen MR) is 253 cm³/mol. The molecule has 0 unspecified atom stereocenters. The lowest BCUT2D eigenvalue weighted by molar-refractivity contribution is -0.306. The average molecular weight is 1070 g/mol. The first-order chi connectivity index (χ1) is 29.1. The smallest absolute Gasteiger partial charge is 0.338 e. The number of methoxy groups -OCH3 is 1. The van der Waals surface area contributed by atoms with Crippen LogP contribution in [0.1, 0.15) is 72.6 Å². The van der Waals surface area contributed by atoms with Crippen LogP contribution in [0.25, 0.3) is 0 Å². The van der Waals surface area contributed by atoms with E-state index in [9.17, 15) is 14.4 Å².